The van der Waals surface area contributed by atoms with Crippen LogP contribution in [-0.2, 0) is 14.3 Å². The van der Waals surface area contributed by atoms with Crippen LogP contribution in [0.15, 0.2) is 0 Å². The van der Waals surface area contributed by atoms with E-state index in [4.69, 9.17) is 9.47 Å². The van der Waals surface area contributed by atoms with E-state index in [0.717, 1.165) is 45.3 Å². The van der Waals surface area contributed by atoms with E-state index in [0.29, 0.717) is 37.3 Å². The maximum atomic E-state index is 12.4. The van der Waals surface area contributed by atoms with Crippen LogP contribution < -0.4 is 0 Å². The predicted octanol–water partition coefficient (Wildman–Crippen LogP) is 2.49. The molecule has 0 aromatic heterocycles. The van der Waals surface area contributed by atoms with Gasteiger partial charge >= 0.3 is 6.09 Å². The van der Waals surface area contributed by atoms with Gasteiger partial charge in [-0.1, -0.05) is 6.92 Å². The number of morpholine rings is 1. The van der Waals surface area contributed by atoms with Crippen molar-refractivity contribution in [3.63, 3.8) is 0 Å². The van der Waals surface area contributed by atoms with Crippen LogP contribution in [0.1, 0.15) is 59.3 Å². The van der Waals surface area contributed by atoms with Gasteiger partial charge < -0.3 is 19.3 Å². The molecule has 7 heteroatoms. The normalized spacial score (nSPS) is 32.0. The van der Waals surface area contributed by atoms with E-state index in [1.54, 1.807) is 6.92 Å². The number of carbonyl (C=O) groups excluding carboxylic acids is 2. The summed E-state index contributed by atoms with van der Waals surface area (Å²) in [6.07, 6.45) is 6.33. The Morgan fingerprint density at radius 2 is 1.72 bits per heavy atom. The molecular formula is C22H37N3O4. The molecule has 4 aliphatic rings. The van der Waals surface area contributed by atoms with Gasteiger partial charge in [0.25, 0.3) is 0 Å². The number of piperidine rings is 2. The topological polar surface area (TPSA) is 62.3 Å². The second-order valence-corrected chi connectivity index (χ2v) is 9.80. The maximum absolute atomic E-state index is 12.4. The first kappa shape index (κ1) is 20.9. The fourth-order valence-electron chi connectivity index (χ4n) is 5.52. The molecule has 0 N–H and O–H groups in total. The smallest absolute Gasteiger partial charge is 0.410 e. The van der Waals surface area contributed by atoms with Crippen molar-refractivity contribution in [3.05, 3.63) is 0 Å². The van der Waals surface area contributed by atoms with Crippen molar-refractivity contribution in [3.8, 4) is 0 Å². The number of hydrogen-bond acceptors (Lipinski definition) is 5. The number of hydrogen-bond donors (Lipinski definition) is 0. The van der Waals surface area contributed by atoms with Crippen LogP contribution in [0.2, 0.25) is 0 Å². The third kappa shape index (κ3) is 4.55. The lowest BCUT2D eigenvalue weighted by atomic mass is 9.88. The largest absolute Gasteiger partial charge is 0.450 e. The van der Waals surface area contributed by atoms with E-state index >= 15 is 0 Å². The summed E-state index contributed by atoms with van der Waals surface area (Å²) >= 11 is 0. The zero-order chi connectivity index (χ0) is 20.6. The number of likely N-dealkylation sites (tertiary alicyclic amines) is 1. The molecule has 0 aromatic carbocycles. The molecule has 164 valence electrons. The van der Waals surface area contributed by atoms with Crippen LogP contribution >= 0.6 is 0 Å². The summed E-state index contributed by atoms with van der Waals surface area (Å²) in [5.74, 6) is 0.228. The van der Waals surface area contributed by atoms with Crippen LogP contribution in [-0.4, -0.2) is 90.3 Å². The molecule has 2 bridgehead atoms. The molecule has 29 heavy (non-hydrogen) atoms. The van der Waals surface area contributed by atoms with Crippen LogP contribution in [0.5, 0.6) is 0 Å². The minimum Gasteiger partial charge on any atom is -0.450 e. The molecule has 4 rings (SSSR count). The molecule has 1 aliphatic carbocycles. The van der Waals surface area contributed by atoms with Crippen molar-refractivity contribution in [2.24, 2.45) is 5.41 Å². The second kappa shape index (κ2) is 8.42. The second-order valence-electron chi connectivity index (χ2n) is 9.80. The molecule has 2 unspecified atom stereocenters. The summed E-state index contributed by atoms with van der Waals surface area (Å²) < 4.78 is 11.0. The van der Waals surface area contributed by atoms with Crippen molar-refractivity contribution in [1.29, 1.82) is 0 Å². The summed E-state index contributed by atoms with van der Waals surface area (Å²) in [6, 6.07) is 1.11. The minimum absolute atomic E-state index is 0.118. The molecule has 0 aromatic rings. The number of rotatable bonds is 5. The first-order chi connectivity index (χ1) is 13.9. The standard InChI is InChI=1S/C22H37N3O4/c1-4-29-21(27)25-19-11-18(12-20(25)14-28-13-19)23-9-5-17(6-10-23)24(16(2)26)15-22(3)7-8-22/h17-20H,4-15H2,1-3H3. The zero-order valence-electron chi connectivity index (χ0n) is 18.3. The predicted molar refractivity (Wildman–Crippen MR) is 110 cm³/mol. The van der Waals surface area contributed by atoms with Gasteiger partial charge in [-0.25, -0.2) is 4.79 Å². The van der Waals surface area contributed by atoms with Crippen molar-refractivity contribution >= 4 is 12.0 Å². The lowest BCUT2D eigenvalue weighted by Gasteiger charge is -2.51. The highest BCUT2D eigenvalue weighted by molar-refractivity contribution is 5.73. The van der Waals surface area contributed by atoms with Gasteiger partial charge in [0.1, 0.15) is 0 Å². The summed E-state index contributed by atoms with van der Waals surface area (Å²) in [6.45, 7) is 10.5. The number of ether oxygens (including phenoxy) is 2. The fourth-order valence-corrected chi connectivity index (χ4v) is 5.52. The molecule has 3 saturated heterocycles. The highest BCUT2D eigenvalue weighted by Gasteiger charge is 2.45. The summed E-state index contributed by atoms with van der Waals surface area (Å²) in [7, 11) is 0. The molecular weight excluding hydrogens is 370 g/mol. The van der Waals surface area contributed by atoms with Crippen molar-refractivity contribution in [2.45, 2.75) is 83.5 Å². The van der Waals surface area contributed by atoms with Crippen molar-refractivity contribution in [2.75, 3.05) is 39.5 Å². The monoisotopic (exact) mass is 407 g/mol. The summed E-state index contributed by atoms with van der Waals surface area (Å²) in [5, 5.41) is 0. The Balaban J connectivity index is 1.33. The fraction of sp³-hybridized carbons (Fsp3) is 0.909. The molecule has 2 atom stereocenters. The van der Waals surface area contributed by atoms with Crippen molar-refractivity contribution in [1.82, 2.24) is 14.7 Å². The first-order valence-electron chi connectivity index (χ1n) is 11.4. The molecule has 2 amide bonds. The average Bonchev–Trinajstić information content (AvgIpc) is 3.42. The maximum Gasteiger partial charge on any atom is 0.410 e. The van der Waals surface area contributed by atoms with Gasteiger partial charge in [-0.05, 0) is 50.9 Å². The molecule has 0 radical (unpaired) electrons. The van der Waals surface area contributed by atoms with Gasteiger partial charge in [0.05, 0.1) is 31.9 Å². The Bertz CT molecular complexity index is 601. The Morgan fingerprint density at radius 1 is 1.10 bits per heavy atom. The van der Waals surface area contributed by atoms with E-state index < -0.39 is 0 Å². The number of amides is 2. The van der Waals surface area contributed by atoms with Gasteiger partial charge in [0.2, 0.25) is 5.91 Å². The summed E-state index contributed by atoms with van der Waals surface area (Å²) in [5.41, 5.74) is 0.361. The van der Waals surface area contributed by atoms with E-state index in [2.05, 4.69) is 16.7 Å². The van der Waals surface area contributed by atoms with Crippen LogP contribution in [0.25, 0.3) is 0 Å². The van der Waals surface area contributed by atoms with E-state index in [1.807, 2.05) is 11.8 Å². The van der Waals surface area contributed by atoms with Crippen LogP contribution in [0, 0.1) is 5.41 Å². The average molecular weight is 408 g/mol. The Morgan fingerprint density at radius 3 is 2.24 bits per heavy atom. The number of carbonyl (C=O) groups is 2. The van der Waals surface area contributed by atoms with E-state index in [9.17, 15) is 9.59 Å². The van der Waals surface area contributed by atoms with Gasteiger partial charge in [0, 0.05) is 38.6 Å². The van der Waals surface area contributed by atoms with Crippen LogP contribution in [0.4, 0.5) is 4.79 Å². The summed E-state index contributed by atoms with van der Waals surface area (Å²) in [4.78, 5) is 31.3. The Hall–Kier alpha value is -1.34. The van der Waals surface area contributed by atoms with Gasteiger partial charge in [-0.2, -0.15) is 0 Å². The molecule has 7 nitrogen and oxygen atoms in total. The lowest BCUT2D eigenvalue weighted by molar-refractivity contribution is -0.133. The molecule has 3 heterocycles. The third-order valence-electron chi connectivity index (χ3n) is 7.49. The SMILES string of the molecule is CCOC(=O)N1C2COCC1CC(N1CCC(N(CC3(C)CC3)C(C)=O)CC1)C2. The molecule has 1 saturated carbocycles. The molecule has 3 aliphatic heterocycles. The quantitative estimate of drug-likeness (QED) is 0.701. The van der Waals surface area contributed by atoms with Gasteiger partial charge in [-0.3, -0.25) is 9.69 Å². The first-order valence-corrected chi connectivity index (χ1v) is 11.4. The lowest BCUT2D eigenvalue weighted by Crippen LogP contribution is -2.63. The Labute approximate surface area is 174 Å². The molecule has 0 spiro atoms. The number of fused-ring (bicyclic) bond motifs is 2. The third-order valence-corrected chi connectivity index (χ3v) is 7.49. The van der Waals surface area contributed by atoms with Gasteiger partial charge in [-0.15, -0.1) is 0 Å². The van der Waals surface area contributed by atoms with E-state index in [-0.39, 0.29) is 24.1 Å². The van der Waals surface area contributed by atoms with Crippen LogP contribution in [0.3, 0.4) is 0 Å². The van der Waals surface area contributed by atoms with Crippen molar-refractivity contribution < 1.29 is 19.1 Å². The Kier molecular flexibility index (Phi) is 6.07. The molecule has 4 fully saturated rings. The highest BCUT2D eigenvalue weighted by Crippen LogP contribution is 2.46. The number of nitrogens with zero attached hydrogens (tertiary/aromatic N) is 3. The highest BCUT2D eigenvalue weighted by atomic mass is 16.6. The van der Waals surface area contributed by atoms with Gasteiger partial charge in [0.15, 0.2) is 0 Å². The van der Waals surface area contributed by atoms with E-state index in [1.165, 1.54) is 12.8 Å². The zero-order valence-corrected chi connectivity index (χ0v) is 18.3. The minimum atomic E-state index is -0.186.